The summed E-state index contributed by atoms with van der Waals surface area (Å²) in [5.74, 6) is 2.66. The summed E-state index contributed by atoms with van der Waals surface area (Å²) in [5.41, 5.74) is 0. The van der Waals surface area contributed by atoms with E-state index in [2.05, 4.69) is 22.6 Å². The van der Waals surface area contributed by atoms with E-state index in [1.807, 2.05) is 0 Å². The monoisotopic (exact) mass is 242 g/mol. The Bertz CT molecular complexity index is 196. The smallest absolute Gasteiger partial charge is 0.0599 e. The summed E-state index contributed by atoms with van der Waals surface area (Å²) in [7, 11) is 0. The third kappa shape index (κ3) is 9.13. The lowest BCUT2D eigenvalue weighted by molar-refractivity contribution is 0.181. The fourth-order valence-electron chi connectivity index (χ4n) is 1.68. The number of nitrogens with zero attached hydrogens (tertiary/aromatic N) is 2. The van der Waals surface area contributed by atoms with Crippen molar-refractivity contribution in [3.8, 4) is 12.3 Å². The molecule has 0 heterocycles. The van der Waals surface area contributed by atoms with Crippen LogP contribution in [0.4, 0.5) is 0 Å². The Balaban J connectivity index is 3.90. The number of aliphatic hydroxyl groups excluding tert-OH is 2. The van der Waals surface area contributed by atoms with Gasteiger partial charge in [-0.1, -0.05) is 12.8 Å². The molecule has 0 aliphatic carbocycles. The molecule has 4 heteroatoms. The van der Waals surface area contributed by atoms with E-state index in [1.54, 1.807) is 0 Å². The molecule has 0 atom stereocenters. The summed E-state index contributed by atoms with van der Waals surface area (Å²) < 4.78 is 0. The maximum atomic E-state index is 8.84. The van der Waals surface area contributed by atoms with Crippen molar-refractivity contribution in [2.75, 3.05) is 52.5 Å². The van der Waals surface area contributed by atoms with Crippen LogP contribution in [0.1, 0.15) is 19.8 Å². The highest BCUT2D eigenvalue weighted by molar-refractivity contribution is 4.88. The molecule has 0 aromatic rings. The summed E-state index contributed by atoms with van der Waals surface area (Å²) in [4.78, 5) is 4.48. The second-order valence-electron chi connectivity index (χ2n) is 4.07. The van der Waals surface area contributed by atoms with Gasteiger partial charge in [-0.2, -0.15) is 0 Å². The molecule has 0 spiro atoms. The van der Waals surface area contributed by atoms with Crippen LogP contribution in [-0.2, 0) is 0 Å². The first-order chi connectivity index (χ1) is 8.28. The standard InChI is InChI=1S/C13H26N2O2/c1-3-7-14(4-2)10-11-15(8-5-12-16)9-6-13-17/h1,16-17H,4-13H2,2H3. The van der Waals surface area contributed by atoms with Gasteiger partial charge >= 0.3 is 0 Å². The highest BCUT2D eigenvalue weighted by atomic mass is 16.3. The highest BCUT2D eigenvalue weighted by Gasteiger charge is 2.06. The average molecular weight is 242 g/mol. The van der Waals surface area contributed by atoms with Crippen molar-refractivity contribution in [1.29, 1.82) is 0 Å². The third-order valence-corrected chi connectivity index (χ3v) is 2.76. The minimum Gasteiger partial charge on any atom is -0.396 e. The zero-order chi connectivity index (χ0) is 12.9. The second kappa shape index (κ2) is 11.9. The van der Waals surface area contributed by atoms with Gasteiger partial charge in [0.1, 0.15) is 0 Å². The fraction of sp³-hybridized carbons (Fsp3) is 0.846. The Kier molecular flexibility index (Phi) is 11.5. The van der Waals surface area contributed by atoms with Crippen molar-refractivity contribution in [3.63, 3.8) is 0 Å². The molecule has 0 bridgehead atoms. The predicted octanol–water partition coefficient (Wildman–Crippen LogP) is 0.00830. The van der Waals surface area contributed by atoms with Crippen LogP contribution in [0.2, 0.25) is 0 Å². The van der Waals surface area contributed by atoms with E-state index in [0.29, 0.717) is 6.54 Å². The molecule has 0 aliphatic heterocycles. The molecule has 0 saturated heterocycles. The lowest BCUT2D eigenvalue weighted by Gasteiger charge is -2.25. The number of likely N-dealkylation sites (N-methyl/N-ethyl adjacent to an activating group) is 1. The van der Waals surface area contributed by atoms with E-state index in [4.69, 9.17) is 16.6 Å². The zero-order valence-electron chi connectivity index (χ0n) is 10.9. The number of rotatable bonds is 11. The minimum absolute atomic E-state index is 0.220. The summed E-state index contributed by atoms with van der Waals surface area (Å²) in [6.45, 7) is 7.82. The molecule has 0 radical (unpaired) electrons. The van der Waals surface area contributed by atoms with E-state index in [-0.39, 0.29) is 13.2 Å². The fourth-order valence-corrected chi connectivity index (χ4v) is 1.68. The Morgan fingerprint density at radius 3 is 1.88 bits per heavy atom. The minimum atomic E-state index is 0.220. The SMILES string of the molecule is C#CCN(CC)CCN(CCCO)CCCO. The van der Waals surface area contributed by atoms with Crippen LogP contribution >= 0.6 is 0 Å². The molecular weight excluding hydrogens is 216 g/mol. The Morgan fingerprint density at radius 2 is 1.47 bits per heavy atom. The van der Waals surface area contributed by atoms with E-state index in [9.17, 15) is 0 Å². The molecular formula is C13H26N2O2. The van der Waals surface area contributed by atoms with Crippen LogP contribution in [0.15, 0.2) is 0 Å². The van der Waals surface area contributed by atoms with Crippen molar-refractivity contribution in [2.45, 2.75) is 19.8 Å². The molecule has 0 saturated carbocycles. The molecule has 0 aliphatic rings. The van der Waals surface area contributed by atoms with Crippen LogP contribution in [0.5, 0.6) is 0 Å². The Labute approximate surface area is 105 Å². The van der Waals surface area contributed by atoms with E-state index >= 15 is 0 Å². The van der Waals surface area contributed by atoms with Crippen molar-refractivity contribution in [1.82, 2.24) is 9.80 Å². The third-order valence-electron chi connectivity index (χ3n) is 2.76. The van der Waals surface area contributed by atoms with Gasteiger partial charge in [0.05, 0.1) is 6.54 Å². The van der Waals surface area contributed by atoms with Gasteiger partial charge in [0.15, 0.2) is 0 Å². The molecule has 0 unspecified atom stereocenters. The van der Waals surface area contributed by atoms with Crippen LogP contribution in [0, 0.1) is 12.3 Å². The Hall–Kier alpha value is -0.600. The van der Waals surface area contributed by atoms with Gasteiger partial charge in [-0.3, -0.25) is 4.90 Å². The van der Waals surface area contributed by atoms with Gasteiger partial charge in [-0.05, 0) is 19.4 Å². The van der Waals surface area contributed by atoms with Crippen LogP contribution in [0.3, 0.4) is 0 Å². The second-order valence-corrected chi connectivity index (χ2v) is 4.07. The van der Waals surface area contributed by atoms with E-state index in [0.717, 1.165) is 45.6 Å². The maximum Gasteiger partial charge on any atom is 0.0599 e. The van der Waals surface area contributed by atoms with Crippen molar-refractivity contribution in [2.24, 2.45) is 0 Å². The molecule has 0 amide bonds. The lowest BCUT2D eigenvalue weighted by atomic mass is 10.3. The van der Waals surface area contributed by atoms with Crippen LogP contribution < -0.4 is 0 Å². The predicted molar refractivity (Wildman–Crippen MR) is 70.8 cm³/mol. The molecule has 0 aromatic heterocycles. The molecule has 2 N–H and O–H groups in total. The van der Waals surface area contributed by atoms with E-state index < -0.39 is 0 Å². The van der Waals surface area contributed by atoms with Gasteiger partial charge in [0, 0.05) is 39.4 Å². The summed E-state index contributed by atoms with van der Waals surface area (Å²) in [6.07, 6.45) is 6.87. The first-order valence-electron chi connectivity index (χ1n) is 6.38. The molecule has 100 valence electrons. The van der Waals surface area contributed by atoms with Crippen molar-refractivity contribution >= 4 is 0 Å². The van der Waals surface area contributed by atoms with Gasteiger partial charge in [0.25, 0.3) is 0 Å². The molecule has 17 heavy (non-hydrogen) atoms. The van der Waals surface area contributed by atoms with Gasteiger partial charge < -0.3 is 15.1 Å². The molecule has 0 rings (SSSR count). The quantitative estimate of drug-likeness (QED) is 0.501. The number of terminal acetylenes is 1. The summed E-state index contributed by atoms with van der Waals surface area (Å²) >= 11 is 0. The largest absolute Gasteiger partial charge is 0.396 e. The Morgan fingerprint density at radius 1 is 0.941 bits per heavy atom. The average Bonchev–Trinajstić information content (AvgIpc) is 2.36. The first kappa shape index (κ1) is 16.4. The van der Waals surface area contributed by atoms with Gasteiger partial charge in [-0.15, -0.1) is 6.42 Å². The maximum absolute atomic E-state index is 8.84. The van der Waals surface area contributed by atoms with Crippen LogP contribution in [0.25, 0.3) is 0 Å². The van der Waals surface area contributed by atoms with Gasteiger partial charge in [0.2, 0.25) is 0 Å². The highest BCUT2D eigenvalue weighted by Crippen LogP contribution is 1.96. The number of hydrogen-bond donors (Lipinski definition) is 2. The van der Waals surface area contributed by atoms with Crippen LogP contribution in [-0.4, -0.2) is 72.5 Å². The molecule has 0 aromatic carbocycles. The lowest BCUT2D eigenvalue weighted by Crippen LogP contribution is -2.36. The first-order valence-corrected chi connectivity index (χ1v) is 6.38. The van der Waals surface area contributed by atoms with Gasteiger partial charge in [-0.25, -0.2) is 0 Å². The number of hydrogen-bond acceptors (Lipinski definition) is 4. The topological polar surface area (TPSA) is 46.9 Å². The number of aliphatic hydroxyl groups is 2. The van der Waals surface area contributed by atoms with Crippen molar-refractivity contribution in [3.05, 3.63) is 0 Å². The molecule has 0 fully saturated rings. The molecule has 4 nitrogen and oxygen atoms in total. The zero-order valence-corrected chi connectivity index (χ0v) is 10.9. The summed E-state index contributed by atoms with van der Waals surface area (Å²) in [6, 6.07) is 0. The van der Waals surface area contributed by atoms with Crippen molar-refractivity contribution < 1.29 is 10.2 Å². The summed E-state index contributed by atoms with van der Waals surface area (Å²) in [5, 5.41) is 17.7. The normalized spacial score (nSPS) is 11.1. The van der Waals surface area contributed by atoms with E-state index in [1.165, 1.54) is 0 Å².